The number of methoxy groups -OCH3 is 3. The zero-order valence-corrected chi connectivity index (χ0v) is 35.9. The van der Waals surface area contributed by atoms with Gasteiger partial charge in [-0.3, -0.25) is 24.1 Å². The lowest BCUT2D eigenvalue weighted by atomic mass is 9.47. The van der Waals surface area contributed by atoms with Crippen molar-refractivity contribution >= 4 is 46.7 Å². The van der Waals surface area contributed by atoms with Gasteiger partial charge in [-0.2, -0.15) is 0 Å². The second-order valence-corrected chi connectivity index (χ2v) is 17.4. The number of carbonyl (C=O) groups is 5. The molecule has 1 saturated heterocycles. The zero-order chi connectivity index (χ0) is 43.8. The smallest absolute Gasteiger partial charge is 0.344 e. The first kappa shape index (κ1) is 42.4. The fourth-order valence-electron chi connectivity index (χ4n) is 12.6. The van der Waals surface area contributed by atoms with E-state index in [1.54, 1.807) is 14.0 Å². The molecule has 1 aromatic heterocycles. The van der Waals surface area contributed by atoms with Gasteiger partial charge in [-0.05, 0) is 55.5 Å². The highest BCUT2D eigenvalue weighted by Crippen LogP contribution is 2.68. The number of hydrogen-bond donors (Lipinski definition) is 3. The Morgan fingerprint density at radius 1 is 1.02 bits per heavy atom. The second-order valence-electron chi connectivity index (χ2n) is 17.4. The minimum Gasteiger partial charge on any atom is -0.496 e. The third-order valence-corrected chi connectivity index (χ3v) is 14.9. The fraction of sp³-hybridized carbons (Fsp3) is 0.543. The molecular formula is C46H56N4O11. The Bertz CT molecular complexity index is 2330. The van der Waals surface area contributed by atoms with E-state index < -0.39 is 75.7 Å². The number of esters is 3. The number of aromatic nitrogens is 1. The van der Waals surface area contributed by atoms with Crippen LogP contribution in [0.3, 0.4) is 0 Å². The topological polar surface area (TPSA) is 188 Å². The van der Waals surface area contributed by atoms with E-state index in [0.29, 0.717) is 55.7 Å². The number of rotatable bonds is 10. The molecule has 326 valence electrons. The van der Waals surface area contributed by atoms with E-state index in [1.165, 1.54) is 33.2 Å². The van der Waals surface area contributed by atoms with Gasteiger partial charge < -0.3 is 43.9 Å². The molecule has 61 heavy (non-hydrogen) atoms. The number of aliphatic hydroxyl groups excluding tert-OH is 1. The highest BCUT2D eigenvalue weighted by atomic mass is 16.6. The lowest BCUT2D eigenvalue weighted by molar-refractivity contribution is -0.228. The summed E-state index contributed by atoms with van der Waals surface area (Å²) in [6, 6.07) is 9.95. The molecule has 9 atom stereocenters. The minimum atomic E-state index is -2.39. The Hall–Kier alpha value is -5.25. The van der Waals surface area contributed by atoms with Gasteiger partial charge in [0.15, 0.2) is 11.9 Å². The molecule has 8 rings (SSSR count). The SMILES string of the molecule is CCC(=O)C(O)C1CN(C=O)CCc2c([nH]c3ccccc23)C(C(=O)OC)(c2cc3c(cc2OC)N(C)C2C(O)(C(=O)OC)C(OC(C)=O)C4(CC)C=CCN5CCC32C54)C1. The van der Waals surface area contributed by atoms with Crippen LogP contribution >= 0.6 is 0 Å². The summed E-state index contributed by atoms with van der Waals surface area (Å²) in [6.45, 7) is 6.26. The summed E-state index contributed by atoms with van der Waals surface area (Å²) in [5, 5.41) is 26.0. The molecule has 15 heteroatoms. The molecule has 0 radical (unpaired) electrons. The molecule has 2 aromatic carbocycles. The van der Waals surface area contributed by atoms with Gasteiger partial charge in [0.25, 0.3) is 0 Å². The van der Waals surface area contributed by atoms with Crippen LogP contribution in [0.1, 0.15) is 68.8 Å². The summed E-state index contributed by atoms with van der Waals surface area (Å²) in [6.07, 6.45) is 2.88. The first-order chi connectivity index (χ1) is 29.2. The summed E-state index contributed by atoms with van der Waals surface area (Å²) in [5.74, 6) is -3.38. The maximum Gasteiger partial charge on any atom is 0.344 e. The van der Waals surface area contributed by atoms with Crippen LogP contribution in [0.2, 0.25) is 0 Å². The normalized spacial score (nSPS) is 32.0. The Balaban J connectivity index is 1.49. The van der Waals surface area contributed by atoms with Gasteiger partial charge in [0, 0.05) is 96.7 Å². The average Bonchev–Trinajstić information content (AvgIpc) is 3.94. The monoisotopic (exact) mass is 840 g/mol. The van der Waals surface area contributed by atoms with Crippen LogP contribution in [0.25, 0.3) is 10.9 Å². The number of anilines is 1. The molecule has 5 aliphatic rings. The van der Waals surface area contributed by atoms with E-state index in [2.05, 4.69) is 9.88 Å². The Labute approximate surface area is 354 Å². The highest BCUT2D eigenvalue weighted by Gasteiger charge is 2.80. The standard InChI is InChI=1S/C46H56N4O11/c1-8-34(53)36(54)27-23-45(41(55)59-6,37-29(15-19-49(24-27)25-51)28-13-10-11-14-32(28)47-37)31-21-30-33(22-35(31)58-5)48(4)39-44(30)17-20-50-18-12-16-43(9-2,38(44)50)40(61-26(3)52)46(39,57)42(56)60-7/h10-14,16,21-22,25,27,36,38-40,47,54,57H,8-9,15,17-20,23-24H2,1-7H3. The van der Waals surface area contributed by atoms with E-state index >= 15 is 4.79 Å². The summed E-state index contributed by atoms with van der Waals surface area (Å²) < 4.78 is 23.6. The number of para-hydroxylation sites is 1. The number of aliphatic hydroxyl groups is 2. The van der Waals surface area contributed by atoms with E-state index in [0.717, 1.165) is 22.0 Å². The average molecular weight is 841 g/mol. The van der Waals surface area contributed by atoms with Crippen LogP contribution in [-0.2, 0) is 55.4 Å². The summed E-state index contributed by atoms with van der Waals surface area (Å²) >= 11 is 0. The van der Waals surface area contributed by atoms with E-state index in [9.17, 15) is 29.4 Å². The van der Waals surface area contributed by atoms with Gasteiger partial charge in [-0.25, -0.2) is 4.79 Å². The van der Waals surface area contributed by atoms with Crippen LogP contribution < -0.4 is 9.64 Å². The maximum absolute atomic E-state index is 15.3. The Morgan fingerprint density at radius 3 is 2.41 bits per heavy atom. The number of aromatic amines is 1. The number of amides is 1. The number of hydrogen-bond acceptors (Lipinski definition) is 13. The molecule has 1 aliphatic carbocycles. The number of nitrogens with one attached hydrogen (secondary N) is 1. The van der Waals surface area contributed by atoms with Crippen LogP contribution in [0.4, 0.5) is 5.69 Å². The molecule has 1 spiro atoms. The first-order valence-corrected chi connectivity index (χ1v) is 21.1. The van der Waals surface area contributed by atoms with Crippen molar-refractivity contribution < 1.29 is 53.1 Å². The van der Waals surface area contributed by atoms with Gasteiger partial charge in [0.05, 0.1) is 27.4 Å². The van der Waals surface area contributed by atoms with Crippen molar-refractivity contribution in [1.29, 1.82) is 0 Å². The van der Waals surface area contributed by atoms with Crippen LogP contribution in [0.5, 0.6) is 5.75 Å². The van der Waals surface area contributed by atoms with Gasteiger partial charge in [-0.15, -0.1) is 0 Å². The summed E-state index contributed by atoms with van der Waals surface area (Å²) in [7, 11) is 5.79. The van der Waals surface area contributed by atoms with Crippen molar-refractivity contribution in [2.24, 2.45) is 11.3 Å². The Morgan fingerprint density at radius 2 is 1.75 bits per heavy atom. The number of fused-ring (bicyclic) bond motifs is 4. The van der Waals surface area contributed by atoms with Crippen LogP contribution in [-0.4, -0.2) is 140 Å². The van der Waals surface area contributed by atoms with Crippen molar-refractivity contribution in [1.82, 2.24) is 14.8 Å². The van der Waals surface area contributed by atoms with Crippen molar-refractivity contribution in [3.8, 4) is 5.75 Å². The Kier molecular flexibility index (Phi) is 10.6. The molecular weight excluding hydrogens is 785 g/mol. The number of ether oxygens (including phenoxy) is 4. The molecule has 3 aromatic rings. The second kappa shape index (κ2) is 15.3. The predicted octanol–water partition coefficient (Wildman–Crippen LogP) is 2.94. The lowest BCUT2D eigenvalue weighted by Gasteiger charge is -2.63. The lowest BCUT2D eigenvalue weighted by Crippen LogP contribution is -2.81. The number of H-pyrrole nitrogens is 1. The van der Waals surface area contributed by atoms with Crippen molar-refractivity contribution in [3.63, 3.8) is 0 Å². The summed E-state index contributed by atoms with van der Waals surface area (Å²) in [5.41, 5.74) is -2.55. The van der Waals surface area contributed by atoms with Crippen molar-refractivity contribution in [2.45, 2.75) is 93.6 Å². The molecule has 1 saturated carbocycles. The number of ketones is 1. The number of benzene rings is 2. The molecule has 4 aliphatic heterocycles. The van der Waals surface area contributed by atoms with Gasteiger partial charge in [0.1, 0.15) is 17.3 Å². The van der Waals surface area contributed by atoms with E-state index in [-0.39, 0.29) is 31.7 Å². The number of Topliss-reactive ketones (excluding diaryl/α,β-unsaturated/α-hetero) is 1. The third-order valence-electron chi connectivity index (χ3n) is 14.9. The fourth-order valence-corrected chi connectivity index (χ4v) is 12.6. The maximum atomic E-state index is 15.3. The summed E-state index contributed by atoms with van der Waals surface area (Å²) in [4.78, 5) is 78.1. The molecule has 5 heterocycles. The van der Waals surface area contributed by atoms with Crippen molar-refractivity contribution in [2.75, 3.05) is 59.5 Å². The van der Waals surface area contributed by atoms with Crippen molar-refractivity contribution in [3.05, 3.63) is 70.9 Å². The number of nitrogens with zero attached hydrogens (tertiary/aromatic N) is 3. The predicted molar refractivity (Wildman–Crippen MR) is 223 cm³/mol. The first-order valence-electron chi connectivity index (χ1n) is 21.1. The number of carbonyl (C=O) groups excluding carboxylic acids is 5. The molecule has 15 nitrogen and oxygen atoms in total. The third kappa shape index (κ3) is 5.68. The van der Waals surface area contributed by atoms with Gasteiger partial charge in [0.2, 0.25) is 12.0 Å². The van der Waals surface area contributed by atoms with Gasteiger partial charge in [-0.1, -0.05) is 44.2 Å². The molecule has 0 bridgehead atoms. The zero-order valence-electron chi connectivity index (χ0n) is 35.9. The quantitative estimate of drug-likeness (QED) is 0.117. The van der Waals surface area contributed by atoms with E-state index in [1.807, 2.05) is 60.4 Å². The largest absolute Gasteiger partial charge is 0.496 e. The number of likely N-dealkylation sites (N-methyl/N-ethyl adjacent to an activating group) is 1. The van der Waals surface area contributed by atoms with E-state index in [4.69, 9.17) is 18.9 Å². The molecule has 9 unspecified atom stereocenters. The van der Waals surface area contributed by atoms with Crippen LogP contribution in [0, 0.1) is 11.3 Å². The van der Waals surface area contributed by atoms with Gasteiger partial charge >= 0.3 is 17.9 Å². The molecule has 1 amide bonds. The molecule has 2 fully saturated rings. The minimum absolute atomic E-state index is 0.0224. The molecule has 3 N–H and O–H groups in total. The highest BCUT2D eigenvalue weighted by molar-refractivity contribution is 5.95. The van der Waals surface area contributed by atoms with Crippen LogP contribution in [0.15, 0.2) is 48.6 Å².